The SMILES string of the molecule is CCOC(=O)N1CCN(C(=O)c2ccc3oc(CCc4ccccc4)nc3c2)CC1. The summed E-state index contributed by atoms with van der Waals surface area (Å²) in [5, 5.41) is 0. The second kappa shape index (κ2) is 8.98. The highest BCUT2D eigenvalue weighted by Crippen LogP contribution is 2.20. The largest absolute Gasteiger partial charge is 0.450 e. The first-order chi connectivity index (χ1) is 14.6. The third-order valence-electron chi connectivity index (χ3n) is 5.24. The van der Waals surface area contributed by atoms with Crippen molar-refractivity contribution in [3.8, 4) is 0 Å². The van der Waals surface area contributed by atoms with Crippen molar-refractivity contribution < 1.29 is 18.7 Å². The van der Waals surface area contributed by atoms with E-state index < -0.39 is 0 Å². The number of amides is 2. The van der Waals surface area contributed by atoms with Crippen molar-refractivity contribution in [2.24, 2.45) is 0 Å². The Labute approximate surface area is 175 Å². The van der Waals surface area contributed by atoms with E-state index in [9.17, 15) is 9.59 Å². The van der Waals surface area contributed by atoms with Gasteiger partial charge in [0.1, 0.15) is 5.52 Å². The number of aryl methyl sites for hydroxylation is 2. The maximum Gasteiger partial charge on any atom is 0.409 e. The van der Waals surface area contributed by atoms with Gasteiger partial charge < -0.3 is 19.0 Å². The maximum absolute atomic E-state index is 12.9. The summed E-state index contributed by atoms with van der Waals surface area (Å²) in [6.45, 7) is 4.04. The smallest absolute Gasteiger partial charge is 0.409 e. The van der Waals surface area contributed by atoms with Gasteiger partial charge in [0.2, 0.25) is 0 Å². The molecule has 0 bridgehead atoms. The van der Waals surface area contributed by atoms with Gasteiger partial charge in [0.25, 0.3) is 5.91 Å². The minimum absolute atomic E-state index is 0.0609. The molecule has 4 rings (SSSR count). The summed E-state index contributed by atoms with van der Waals surface area (Å²) in [5.74, 6) is 0.607. The molecule has 2 amide bonds. The van der Waals surface area contributed by atoms with Gasteiger partial charge in [0.05, 0.1) is 6.61 Å². The van der Waals surface area contributed by atoms with Crippen molar-refractivity contribution in [2.75, 3.05) is 32.8 Å². The van der Waals surface area contributed by atoms with Crippen LogP contribution in [0.5, 0.6) is 0 Å². The van der Waals surface area contributed by atoms with Gasteiger partial charge in [0.15, 0.2) is 11.5 Å². The number of fused-ring (bicyclic) bond motifs is 1. The summed E-state index contributed by atoms with van der Waals surface area (Å²) >= 11 is 0. The average molecular weight is 407 g/mol. The van der Waals surface area contributed by atoms with Crippen LogP contribution in [0.2, 0.25) is 0 Å². The Morgan fingerprint density at radius 3 is 2.47 bits per heavy atom. The molecule has 0 unspecified atom stereocenters. The molecule has 1 aliphatic rings. The number of ether oxygens (including phenoxy) is 1. The first-order valence-corrected chi connectivity index (χ1v) is 10.3. The Balaban J connectivity index is 1.39. The van der Waals surface area contributed by atoms with Crippen LogP contribution in [-0.2, 0) is 17.6 Å². The van der Waals surface area contributed by atoms with Crippen LogP contribution in [0.1, 0.15) is 28.7 Å². The van der Waals surface area contributed by atoms with Gasteiger partial charge in [-0.3, -0.25) is 4.79 Å². The van der Waals surface area contributed by atoms with E-state index in [4.69, 9.17) is 9.15 Å². The minimum Gasteiger partial charge on any atom is -0.450 e. The van der Waals surface area contributed by atoms with Crippen LogP contribution in [0, 0.1) is 0 Å². The van der Waals surface area contributed by atoms with E-state index in [-0.39, 0.29) is 12.0 Å². The summed E-state index contributed by atoms with van der Waals surface area (Å²) in [5.41, 5.74) is 3.18. The normalized spacial score (nSPS) is 14.2. The molecule has 1 fully saturated rings. The van der Waals surface area contributed by atoms with Crippen molar-refractivity contribution in [2.45, 2.75) is 19.8 Å². The Morgan fingerprint density at radius 2 is 1.73 bits per heavy atom. The number of carbonyl (C=O) groups is 2. The number of hydrogen-bond donors (Lipinski definition) is 0. The van der Waals surface area contributed by atoms with Crippen molar-refractivity contribution in [3.63, 3.8) is 0 Å². The van der Waals surface area contributed by atoms with E-state index >= 15 is 0 Å². The Kier molecular flexibility index (Phi) is 5.97. The van der Waals surface area contributed by atoms with Crippen LogP contribution >= 0.6 is 0 Å². The quantitative estimate of drug-likeness (QED) is 0.647. The van der Waals surface area contributed by atoms with Gasteiger partial charge >= 0.3 is 6.09 Å². The molecule has 1 saturated heterocycles. The lowest BCUT2D eigenvalue weighted by atomic mass is 10.1. The molecule has 30 heavy (non-hydrogen) atoms. The van der Waals surface area contributed by atoms with Crippen molar-refractivity contribution in [1.29, 1.82) is 0 Å². The van der Waals surface area contributed by atoms with Crippen molar-refractivity contribution in [1.82, 2.24) is 14.8 Å². The van der Waals surface area contributed by atoms with E-state index in [1.165, 1.54) is 5.56 Å². The Hall–Kier alpha value is -3.35. The molecule has 7 heteroatoms. The lowest BCUT2D eigenvalue weighted by Crippen LogP contribution is -2.50. The standard InChI is InChI=1S/C23H25N3O4/c1-2-29-23(28)26-14-12-25(13-15-26)22(27)18-9-10-20-19(16-18)24-21(30-20)11-8-17-6-4-3-5-7-17/h3-7,9-10,16H,2,8,11-15H2,1H3. The lowest BCUT2D eigenvalue weighted by molar-refractivity contribution is 0.0570. The van der Waals surface area contributed by atoms with Gasteiger partial charge in [-0.05, 0) is 37.1 Å². The number of aromatic nitrogens is 1. The van der Waals surface area contributed by atoms with Crippen LogP contribution in [-0.4, -0.2) is 59.6 Å². The van der Waals surface area contributed by atoms with E-state index in [1.54, 1.807) is 34.9 Å². The molecule has 7 nitrogen and oxygen atoms in total. The highest BCUT2D eigenvalue weighted by atomic mass is 16.6. The third kappa shape index (κ3) is 4.45. The summed E-state index contributed by atoms with van der Waals surface area (Å²) in [6.07, 6.45) is 1.23. The molecule has 2 heterocycles. The number of nitrogens with zero attached hydrogens (tertiary/aromatic N) is 3. The van der Waals surface area contributed by atoms with Gasteiger partial charge in [-0.2, -0.15) is 0 Å². The topological polar surface area (TPSA) is 75.9 Å². The zero-order valence-electron chi connectivity index (χ0n) is 17.0. The first kappa shape index (κ1) is 19.9. The monoisotopic (exact) mass is 407 g/mol. The van der Waals surface area contributed by atoms with Crippen LogP contribution in [0.4, 0.5) is 4.79 Å². The molecule has 0 N–H and O–H groups in total. The van der Waals surface area contributed by atoms with Gasteiger partial charge in [-0.1, -0.05) is 30.3 Å². The number of benzene rings is 2. The zero-order chi connectivity index (χ0) is 20.9. The fourth-order valence-corrected chi connectivity index (χ4v) is 3.60. The molecule has 0 radical (unpaired) electrons. The van der Waals surface area contributed by atoms with E-state index in [1.807, 2.05) is 18.2 Å². The van der Waals surface area contributed by atoms with Crippen LogP contribution in [0.15, 0.2) is 52.9 Å². The molecule has 1 aliphatic heterocycles. The number of carbonyl (C=O) groups excluding carboxylic acids is 2. The molecule has 1 aromatic heterocycles. The molecule has 0 saturated carbocycles. The second-order valence-electron chi connectivity index (χ2n) is 7.25. The zero-order valence-corrected chi connectivity index (χ0v) is 17.0. The van der Waals surface area contributed by atoms with Gasteiger partial charge in [-0.25, -0.2) is 9.78 Å². The second-order valence-corrected chi connectivity index (χ2v) is 7.25. The van der Waals surface area contributed by atoms with Crippen molar-refractivity contribution in [3.05, 3.63) is 65.5 Å². The Bertz CT molecular complexity index is 1020. The van der Waals surface area contributed by atoms with Crippen LogP contribution in [0.3, 0.4) is 0 Å². The maximum atomic E-state index is 12.9. The fourth-order valence-electron chi connectivity index (χ4n) is 3.60. The fraction of sp³-hybridized carbons (Fsp3) is 0.348. The molecule has 0 spiro atoms. The predicted octanol–water partition coefficient (Wildman–Crippen LogP) is 3.53. The lowest BCUT2D eigenvalue weighted by Gasteiger charge is -2.34. The Morgan fingerprint density at radius 1 is 1.00 bits per heavy atom. The third-order valence-corrected chi connectivity index (χ3v) is 5.24. The van der Waals surface area contributed by atoms with Crippen molar-refractivity contribution >= 4 is 23.1 Å². The van der Waals surface area contributed by atoms with E-state index in [2.05, 4.69) is 17.1 Å². The van der Waals surface area contributed by atoms with Gasteiger partial charge in [0, 0.05) is 38.2 Å². The van der Waals surface area contributed by atoms with E-state index in [0.717, 1.165) is 6.42 Å². The van der Waals surface area contributed by atoms with Crippen LogP contribution in [0.25, 0.3) is 11.1 Å². The first-order valence-electron chi connectivity index (χ1n) is 10.3. The molecular weight excluding hydrogens is 382 g/mol. The minimum atomic E-state index is -0.323. The number of rotatable bonds is 5. The average Bonchev–Trinajstić information content (AvgIpc) is 3.20. The summed E-state index contributed by atoms with van der Waals surface area (Å²) in [4.78, 5) is 32.7. The van der Waals surface area contributed by atoms with E-state index in [0.29, 0.717) is 61.8 Å². The molecule has 0 atom stereocenters. The molecule has 0 aliphatic carbocycles. The molecule has 3 aromatic rings. The van der Waals surface area contributed by atoms with Crippen LogP contribution < -0.4 is 0 Å². The summed E-state index contributed by atoms with van der Waals surface area (Å²) in [7, 11) is 0. The summed E-state index contributed by atoms with van der Waals surface area (Å²) in [6, 6.07) is 15.6. The summed E-state index contributed by atoms with van der Waals surface area (Å²) < 4.78 is 10.9. The number of hydrogen-bond acceptors (Lipinski definition) is 5. The molecule has 2 aromatic carbocycles. The highest BCUT2D eigenvalue weighted by Gasteiger charge is 2.25. The highest BCUT2D eigenvalue weighted by molar-refractivity contribution is 5.97. The molecular formula is C23H25N3O4. The molecule has 156 valence electrons. The number of piperazine rings is 1. The number of oxazole rings is 1. The predicted molar refractivity (Wildman–Crippen MR) is 112 cm³/mol. The van der Waals surface area contributed by atoms with Gasteiger partial charge in [-0.15, -0.1) is 0 Å².